The van der Waals surface area contributed by atoms with E-state index in [0.717, 1.165) is 36.8 Å². The Hall–Kier alpha value is -1.85. The van der Waals surface area contributed by atoms with E-state index in [1.807, 2.05) is 48.2 Å². The topological polar surface area (TPSA) is 32.8 Å². The van der Waals surface area contributed by atoms with Crippen LogP contribution in [0, 0.1) is 0 Å². The van der Waals surface area contributed by atoms with Crippen LogP contribution in [0.2, 0.25) is 5.02 Å². The Kier molecular flexibility index (Phi) is 6.33. The largest absolute Gasteiger partial charge is 0.497 e. The average molecular weight is 391 g/mol. The maximum Gasteiger partial charge on any atom is 0.235 e. The number of carbonyl (C=O) groups excluding carboxylic acids is 1. The highest BCUT2D eigenvalue weighted by molar-refractivity contribution is 8.00. The molecule has 3 rings (SSSR count). The quantitative estimate of drug-likeness (QED) is 0.717. The van der Waals surface area contributed by atoms with E-state index >= 15 is 0 Å². The van der Waals surface area contributed by atoms with E-state index < -0.39 is 0 Å². The van der Waals surface area contributed by atoms with Crippen molar-refractivity contribution in [1.29, 1.82) is 0 Å². The van der Waals surface area contributed by atoms with Crippen LogP contribution in [0.5, 0.6) is 5.75 Å². The van der Waals surface area contributed by atoms with Gasteiger partial charge in [-0.2, -0.15) is 0 Å². The molecule has 2 aromatic rings. The van der Waals surface area contributed by atoms with Gasteiger partial charge in [-0.3, -0.25) is 4.79 Å². The molecule has 1 heterocycles. The number of benzene rings is 2. The first-order valence-corrected chi connectivity index (χ1v) is 9.92. The molecule has 138 valence electrons. The summed E-state index contributed by atoms with van der Waals surface area (Å²) in [6.45, 7) is 5.15. The number of carbonyl (C=O) groups is 1. The highest BCUT2D eigenvalue weighted by Gasteiger charge is 2.25. The zero-order valence-electron chi connectivity index (χ0n) is 15.0. The second kappa shape index (κ2) is 8.69. The van der Waals surface area contributed by atoms with E-state index in [9.17, 15) is 4.79 Å². The van der Waals surface area contributed by atoms with Gasteiger partial charge in [-0.1, -0.05) is 11.6 Å². The van der Waals surface area contributed by atoms with Crippen molar-refractivity contribution in [3.8, 4) is 5.75 Å². The molecule has 0 aliphatic carbocycles. The Morgan fingerprint density at radius 2 is 1.65 bits per heavy atom. The van der Waals surface area contributed by atoms with Crippen molar-refractivity contribution in [2.24, 2.45) is 0 Å². The molecule has 1 atom stereocenters. The SMILES string of the molecule is COc1ccc(N2CCN(C(=O)[C@H](C)Sc3ccc(Cl)cc3)CC2)cc1. The predicted octanol–water partition coefficient (Wildman–Crippen LogP) is 4.18. The molecule has 0 N–H and O–H groups in total. The zero-order valence-corrected chi connectivity index (χ0v) is 16.6. The molecule has 0 aromatic heterocycles. The van der Waals surface area contributed by atoms with Crippen molar-refractivity contribution in [2.45, 2.75) is 17.1 Å². The molecule has 2 aromatic carbocycles. The average Bonchev–Trinajstić information content (AvgIpc) is 2.69. The summed E-state index contributed by atoms with van der Waals surface area (Å²) < 4.78 is 5.21. The Labute approximate surface area is 164 Å². The number of thioether (sulfide) groups is 1. The lowest BCUT2D eigenvalue weighted by Crippen LogP contribution is -2.50. The van der Waals surface area contributed by atoms with Crippen molar-refractivity contribution < 1.29 is 9.53 Å². The molecule has 4 nitrogen and oxygen atoms in total. The van der Waals surface area contributed by atoms with Crippen LogP contribution in [0.1, 0.15) is 6.92 Å². The lowest BCUT2D eigenvalue weighted by Gasteiger charge is -2.37. The molecule has 1 aliphatic heterocycles. The third-order valence-corrected chi connectivity index (χ3v) is 5.85. The maximum atomic E-state index is 12.7. The maximum absolute atomic E-state index is 12.7. The van der Waals surface area contributed by atoms with Crippen molar-refractivity contribution in [2.75, 3.05) is 38.2 Å². The first kappa shape index (κ1) is 18.9. The Morgan fingerprint density at radius 3 is 2.23 bits per heavy atom. The Bertz CT molecular complexity index is 728. The summed E-state index contributed by atoms with van der Waals surface area (Å²) in [6.07, 6.45) is 0. The fraction of sp³-hybridized carbons (Fsp3) is 0.350. The van der Waals surface area contributed by atoms with Gasteiger partial charge in [-0.05, 0) is 55.5 Å². The minimum absolute atomic E-state index is 0.108. The number of methoxy groups -OCH3 is 1. The number of hydrogen-bond acceptors (Lipinski definition) is 4. The fourth-order valence-corrected chi connectivity index (χ4v) is 4.08. The van der Waals surface area contributed by atoms with Gasteiger partial charge in [-0.15, -0.1) is 11.8 Å². The van der Waals surface area contributed by atoms with Gasteiger partial charge in [0.15, 0.2) is 0 Å². The molecule has 0 unspecified atom stereocenters. The van der Waals surface area contributed by atoms with Gasteiger partial charge in [0, 0.05) is 41.8 Å². The molecule has 1 aliphatic rings. The van der Waals surface area contributed by atoms with E-state index in [4.69, 9.17) is 16.3 Å². The van der Waals surface area contributed by atoms with Crippen molar-refractivity contribution >= 4 is 35.0 Å². The molecule has 0 saturated carbocycles. The molecule has 26 heavy (non-hydrogen) atoms. The number of nitrogens with zero attached hydrogens (tertiary/aromatic N) is 2. The van der Waals surface area contributed by atoms with Gasteiger partial charge in [-0.25, -0.2) is 0 Å². The second-order valence-electron chi connectivity index (χ2n) is 6.22. The van der Waals surface area contributed by atoms with Gasteiger partial charge >= 0.3 is 0 Å². The van der Waals surface area contributed by atoms with Crippen molar-refractivity contribution in [3.63, 3.8) is 0 Å². The first-order chi connectivity index (χ1) is 12.6. The fourth-order valence-electron chi connectivity index (χ4n) is 3.00. The van der Waals surface area contributed by atoms with Crippen LogP contribution in [-0.4, -0.2) is 49.3 Å². The van der Waals surface area contributed by atoms with Crippen LogP contribution in [-0.2, 0) is 4.79 Å². The molecule has 1 saturated heterocycles. The number of piperazine rings is 1. The van der Waals surface area contributed by atoms with Crippen molar-refractivity contribution in [3.05, 3.63) is 53.6 Å². The predicted molar refractivity (Wildman–Crippen MR) is 109 cm³/mol. The van der Waals surface area contributed by atoms with Crippen LogP contribution in [0.15, 0.2) is 53.4 Å². The van der Waals surface area contributed by atoms with E-state index in [1.54, 1.807) is 18.9 Å². The van der Waals surface area contributed by atoms with Gasteiger partial charge < -0.3 is 14.5 Å². The summed E-state index contributed by atoms with van der Waals surface area (Å²) in [5, 5.41) is 0.603. The summed E-state index contributed by atoms with van der Waals surface area (Å²) in [4.78, 5) is 18.1. The van der Waals surface area contributed by atoms with Crippen LogP contribution in [0.4, 0.5) is 5.69 Å². The second-order valence-corrected chi connectivity index (χ2v) is 8.08. The summed E-state index contributed by atoms with van der Waals surface area (Å²) >= 11 is 7.50. The molecule has 1 amide bonds. The minimum atomic E-state index is -0.108. The minimum Gasteiger partial charge on any atom is -0.497 e. The van der Waals surface area contributed by atoms with Crippen LogP contribution in [0.25, 0.3) is 0 Å². The lowest BCUT2D eigenvalue weighted by atomic mass is 10.2. The number of amides is 1. The monoisotopic (exact) mass is 390 g/mol. The number of hydrogen-bond donors (Lipinski definition) is 0. The zero-order chi connectivity index (χ0) is 18.5. The van der Waals surface area contributed by atoms with Gasteiger partial charge in [0.25, 0.3) is 0 Å². The molecule has 0 bridgehead atoms. The van der Waals surface area contributed by atoms with Gasteiger partial charge in [0.1, 0.15) is 5.75 Å². The Morgan fingerprint density at radius 1 is 1.04 bits per heavy atom. The first-order valence-electron chi connectivity index (χ1n) is 8.67. The van der Waals surface area contributed by atoms with Crippen molar-refractivity contribution in [1.82, 2.24) is 4.90 Å². The highest BCUT2D eigenvalue weighted by atomic mass is 35.5. The summed E-state index contributed by atoms with van der Waals surface area (Å²) in [5.41, 5.74) is 1.17. The lowest BCUT2D eigenvalue weighted by molar-refractivity contribution is -0.130. The van der Waals surface area contributed by atoms with Gasteiger partial charge in [0.2, 0.25) is 5.91 Å². The highest BCUT2D eigenvalue weighted by Crippen LogP contribution is 2.27. The summed E-state index contributed by atoms with van der Waals surface area (Å²) in [5.74, 6) is 1.05. The molecular weight excluding hydrogens is 368 g/mol. The normalized spacial score (nSPS) is 15.7. The number of anilines is 1. The standard InChI is InChI=1S/C20H23ClN2O2S/c1-15(26-19-9-3-16(21)4-10-19)20(24)23-13-11-22(12-14-23)17-5-7-18(25-2)8-6-17/h3-10,15H,11-14H2,1-2H3/t15-/m0/s1. The number of halogens is 1. The molecule has 1 fully saturated rings. The molecule has 6 heteroatoms. The molecule has 0 spiro atoms. The van der Waals surface area contributed by atoms with Gasteiger partial charge in [0.05, 0.1) is 12.4 Å². The number of rotatable bonds is 5. The smallest absolute Gasteiger partial charge is 0.235 e. The third-order valence-electron chi connectivity index (χ3n) is 4.50. The van der Waals surface area contributed by atoms with E-state index in [0.29, 0.717) is 5.02 Å². The van der Waals surface area contributed by atoms with Crippen LogP contribution in [0.3, 0.4) is 0 Å². The van der Waals surface area contributed by atoms with Crippen LogP contribution < -0.4 is 9.64 Å². The van der Waals surface area contributed by atoms with E-state index in [-0.39, 0.29) is 11.2 Å². The summed E-state index contributed by atoms with van der Waals surface area (Å²) in [6, 6.07) is 15.7. The third kappa shape index (κ3) is 4.65. The van der Waals surface area contributed by atoms with E-state index in [2.05, 4.69) is 17.0 Å². The molecule has 0 radical (unpaired) electrons. The Balaban J connectivity index is 1.53. The summed E-state index contributed by atoms with van der Waals surface area (Å²) in [7, 11) is 1.67. The van der Waals surface area contributed by atoms with Crippen LogP contribution >= 0.6 is 23.4 Å². The molecular formula is C20H23ClN2O2S. The number of ether oxygens (including phenoxy) is 1. The van der Waals surface area contributed by atoms with E-state index in [1.165, 1.54) is 5.69 Å².